The minimum Gasteiger partial charge on any atom is -0.339 e. The number of aldehydes is 1. The minimum atomic E-state index is 0.656. The highest BCUT2D eigenvalue weighted by molar-refractivity contribution is 6.36. The molecule has 16 heavy (non-hydrogen) atoms. The van der Waals surface area contributed by atoms with Gasteiger partial charge in [-0.1, -0.05) is 23.7 Å². The number of para-hydroxylation sites is 1. The number of aromatic nitrogens is 2. The normalized spacial score (nSPS) is 11.4. The number of rotatable bonds is 1. The van der Waals surface area contributed by atoms with Crippen LogP contribution in [0.5, 0.6) is 0 Å². The van der Waals surface area contributed by atoms with E-state index < -0.39 is 0 Å². The van der Waals surface area contributed by atoms with Gasteiger partial charge in [0.1, 0.15) is 5.65 Å². The molecular formula is C12H9ClN2O. The number of carbonyl (C=O) groups excluding carboxylic acids is 1. The molecule has 0 spiro atoms. The number of aromatic amines is 1. The van der Waals surface area contributed by atoms with E-state index in [1.54, 1.807) is 0 Å². The first kappa shape index (κ1) is 9.48. The second-order valence-corrected chi connectivity index (χ2v) is 4.20. The van der Waals surface area contributed by atoms with E-state index >= 15 is 0 Å². The lowest BCUT2D eigenvalue weighted by atomic mass is 10.2. The van der Waals surface area contributed by atoms with Gasteiger partial charge in [0, 0.05) is 17.8 Å². The molecule has 1 N–H and O–H groups in total. The van der Waals surface area contributed by atoms with Crippen molar-refractivity contribution >= 4 is 39.8 Å². The van der Waals surface area contributed by atoms with Gasteiger partial charge in [0.05, 0.1) is 16.2 Å². The summed E-state index contributed by atoms with van der Waals surface area (Å²) in [6, 6.07) is 7.62. The van der Waals surface area contributed by atoms with Crippen molar-refractivity contribution in [2.75, 3.05) is 0 Å². The summed E-state index contributed by atoms with van der Waals surface area (Å²) in [5.41, 5.74) is 2.50. The Bertz CT molecular complexity index is 709. The standard InChI is InChI=1S/C12H9ClN2O/c1-15-7(6-16)5-9-8-3-2-4-10(13)11(8)14-12(9)15/h2-6,14H,1H3. The van der Waals surface area contributed by atoms with Crippen LogP contribution in [0.4, 0.5) is 0 Å². The third-order valence-electron chi connectivity index (χ3n) is 2.94. The summed E-state index contributed by atoms with van der Waals surface area (Å²) >= 11 is 6.10. The zero-order valence-corrected chi connectivity index (χ0v) is 9.38. The molecular weight excluding hydrogens is 224 g/mol. The van der Waals surface area contributed by atoms with Crippen LogP contribution in [0.3, 0.4) is 0 Å². The molecule has 0 unspecified atom stereocenters. The average Bonchev–Trinajstić information content (AvgIpc) is 2.78. The highest BCUT2D eigenvalue weighted by Crippen LogP contribution is 2.31. The van der Waals surface area contributed by atoms with E-state index in [9.17, 15) is 4.79 Å². The SMILES string of the molecule is Cn1c(C=O)cc2c3cccc(Cl)c3[nH]c21. The number of halogens is 1. The van der Waals surface area contributed by atoms with Crippen LogP contribution >= 0.6 is 11.6 Å². The molecule has 2 heterocycles. The first-order chi connectivity index (χ1) is 7.72. The van der Waals surface area contributed by atoms with Gasteiger partial charge in [0.15, 0.2) is 6.29 Å². The second-order valence-electron chi connectivity index (χ2n) is 3.80. The number of nitrogens with zero attached hydrogens (tertiary/aromatic N) is 1. The van der Waals surface area contributed by atoms with Crippen LogP contribution in [0.15, 0.2) is 24.3 Å². The van der Waals surface area contributed by atoms with Crippen LogP contribution in [-0.4, -0.2) is 15.8 Å². The molecule has 3 rings (SSSR count). The van der Waals surface area contributed by atoms with Gasteiger partial charge in [-0.25, -0.2) is 0 Å². The number of hydrogen-bond acceptors (Lipinski definition) is 1. The molecule has 0 fully saturated rings. The highest BCUT2D eigenvalue weighted by atomic mass is 35.5. The fourth-order valence-corrected chi connectivity index (χ4v) is 2.31. The topological polar surface area (TPSA) is 37.8 Å². The van der Waals surface area contributed by atoms with Crippen LogP contribution < -0.4 is 0 Å². The van der Waals surface area contributed by atoms with Gasteiger partial charge >= 0.3 is 0 Å². The van der Waals surface area contributed by atoms with E-state index in [2.05, 4.69) is 4.98 Å². The lowest BCUT2D eigenvalue weighted by molar-refractivity contribution is 0.111. The molecule has 0 saturated carbocycles. The molecule has 0 amide bonds. The quantitative estimate of drug-likeness (QED) is 0.643. The fraction of sp³-hybridized carbons (Fsp3) is 0.0833. The van der Waals surface area contributed by atoms with Crippen LogP contribution in [0.25, 0.3) is 21.9 Å². The van der Waals surface area contributed by atoms with E-state index in [1.807, 2.05) is 35.9 Å². The Hall–Kier alpha value is -1.74. The highest BCUT2D eigenvalue weighted by Gasteiger charge is 2.12. The Labute approximate surface area is 96.6 Å². The summed E-state index contributed by atoms with van der Waals surface area (Å²) in [5.74, 6) is 0. The summed E-state index contributed by atoms with van der Waals surface area (Å²) in [6.45, 7) is 0. The molecule has 0 bridgehead atoms. The van der Waals surface area contributed by atoms with Gasteiger partial charge in [0.25, 0.3) is 0 Å². The van der Waals surface area contributed by atoms with Crippen molar-refractivity contribution in [2.24, 2.45) is 7.05 Å². The zero-order chi connectivity index (χ0) is 11.3. The molecule has 3 nitrogen and oxygen atoms in total. The van der Waals surface area contributed by atoms with Gasteiger partial charge in [-0.15, -0.1) is 0 Å². The van der Waals surface area contributed by atoms with E-state index in [-0.39, 0.29) is 0 Å². The summed E-state index contributed by atoms with van der Waals surface area (Å²) in [6.07, 6.45) is 0.851. The molecule has 4 heteroatoms. The van der Waals surface area contributed by atoms with Crippen LogP contribution in [-0.2, 0) is 7.05 Å². The summed E-state index contributed by atoms with van der Waals surface area (Å²) in [4.78, 5) is 14.1. The number of H-pyrrole nitrogens is 1. The molecule has 80 valence electrons. The first-order valence-corrected chi connectivity index (χ1v) is 5.31. The van der Waals surface area contributed by atoms with Gasteiger partial charge in [0.2, 0.25) is 0 Å². The minimum absolute atomic E-state index is 0.656. The van der Waals surface area contributed by atoms with E-state index in [4.69, 9.17) is 11.6 Å². The molecule has 0 aliphatic heterocycles. The zero-order valence-electron chi connectivity index (χ0n) is 8.62. The third kappa shape index (κ3) is 1.06. The van der Waals surface area contributed by atoms with Crippen LogP contribution in [0, 0.1) is 0 Å². The van der Waals surface area contributed by atoms with Crippen molar-refractivity contribution in [3.8, 4) is 0 Å². The summed E-state index contributed by atoms with van der Waals surface area (Å²) in [5, 5.41) is 2.77. The largest absolute Gasteiger partial charge is 0.339 e. The van der Waals surface area contributed by atoms with Gasteiger partial charge in [-0.2, -0.15) is 0 Å². The second kappa shape index (κ2) is 3.12. The van der Waals surface area contributed by atoms with E-state index in [1.165, 1.54) is 0 Å². The van der Waals surface area contributed by atoms with Crippen molar-refractivity contribution < 1.29 is 4.79 Å². The first-order valence-electron chi connectivity index (χ1n) is 4.93. The monoisotopic (exact) mass is 232 g/mol. The third-order valence-corrected chi connectivity index (χ3v) is 3.25. The van der Waals surface area contributed by atoms with Crippen molar-refractivity contribution in [1.29, 1.82) is 0 Å². The van der Waals surface area contributed by atoms with Crippen molar-refractivity contribution in [3.05, 3.63) is 35.0 Å². The van der Waals surface area contributed by atoms with Crippen molar-refractivity contribution in [2.45, 2.75) is 0 Å². The fourth-order valence-electron chi connectivity index (χ4n) is 2.09. The Morgan fingerprint density at radius 3 is 2.94 bits per heavy atom. The molecule has 3 aromatic rings. The molecule has 0 aliphatic carbocycles. The van der Waals surface area contributed by atoms with Crippen LogP contribution in [0.1, 0.15) is 10.5 Å². The maximum absolute atomic E-state index is 10.8. The molecule has 2 aromatic heterocycles. The Morgan fingerprint density at radius 1 is 1.38 bits per heavy atom. The molecule has 0 atom stereocenters. The molecule has 0 saturated heterocycles. The van der Waals surface area contributed by atoms with Gasteiger partial charge in [-0.05, 0) is 12.1 Å². The predicted molar refractivity (Wildman–Crippen MR) is 65.2 cm³/mol. The number of hydrogen-bond donors (Lipinski definition) is 1. The number of nitrogens with one attached hydrogen (secondary N) is 1. The lowest BCUT2D eigenvalue weighted by Crippen LogP contribution is -1.93. The van der Waals surface area contributed by atoms with Crippen LogP contribution in [0.2, 0.25) is 5.02 Å². The molecule has 0 aliphatic rings. The van der Waals surface area contributed by atoms with E-state index in [0.29, 0.717) is 10.7 Å². The van der Waals surface area contributed by atoms with Crippen molar-refractivity contribution in [1.82, 2.24) is 9.55 Å². The summed E-state index contributed by atoms with van der Waals surface area (Å²) in [7, 11) is 1.86. The maximum Gasteiger partial charge on any atom is 0.166 e. The number of carbonyl (C=O) groups is 1. The smallest absolute Gasteiger partial charge is 0.166 e. The van der Waals surface area contributed by atoms with Gasteiger partial charge in [-0.3, -0.25) is 4.79 Å². The average molecular weight is 233 g/mol. The van der Waals surface area contributed by atoms with Gasteiger partial charge < -0.3 is 9.55 Å². The molecule has 1 aromatic carbocycles. The lowest BCUT2D eigenvalue weighted by Gasteiger charge is -1.95. The Morgan fingerprint density at radius 2 is 2.19 bits per heavy atom. The predicted octanol–water partition coefficient (Wildman–Crippen LogP) is 3.13. The van der Waals surface area contributed by atoms with Crippen molar-refractivity contribution in [3.63, 3.8) is 0 Å². The number of aryl methyl sites for hydroxylation is 1. The number of fused-ring (bicyclic) bond motifs is 3. The maximum atomic E-state index is 10.8. The summed E-state index contributed by atoms with van der Waals surface area (Å²) < 4.78 is 1.83. The Kier molecular flexibility index (Phi) is 1.85. The van der Waals surface area contributed by atoms with E-state index in [0.717, 1.165) is 28.2 Å². The Balaban J connectivity index is 2.55. The molecule has 0 radical (unpaired) electrons. The number of benzene rings is 1.